The minimum atomic E-state index is -5.62. The first-order chi connectivity index (χ1) is 12.7. The third kappa shape index (κ3) is 6.79. The number of ether oxygens (including phenoxy) is 1. The first kappa shape index (κ1) is 23.3. The maximum absolute atomic E-state index is 13.5. The molecule has 15 nitrogen and oxygen atoms in total. The molecule has 2 rings (SSSR count). The Labute approximate surface area is 155 Å². The smallest absolute Gasteiger partial charge is 0.381 e. The number of hydrogen-bond acceptors (Lipinski definition) is 10. The van der Waals surface area contributed by atoms with Gasteiger partial charge in [-0.1, -0.05) is 0 Å². The van der Waals surface area contributed by atoms with Crippen molar-refractivity contribution in [3.8, 4) is 0 Å². The summed E-state index contributed by atoms with van der Waals surface area (Å²) >= 11 is 0. The van der Waals surface area contributed by atoms with Gasteiger partial charge in [0.2, 0.25) is 0 Å². The van der Waals surface area contributed by atoms with Crippen LogP contribution in [0.1, 0.15) is 19.1 Å². The molecule has 0 bridgehead atoms. The molecular formula is C9H15FN3O12P3. The normalized spacial score (nSPS) is 24.6. The van der Waals surface area contributed by atoms with Crippen molar-refractivity contribution >= 4 is 29.3 Å². The average Bonchev–Trinajstić information content (AvgIpc) is 2.94. The topological polar surface area (TPSA) is 230 Å². The van der Waals surface area contributed by atoms with Crippen molar-refractivity contribution in [1.29, 1.82) is 0 Å². The maximum Gasteiger partial charge on any atom is 0.490 e. The molecule has 1 aromatic rings. The van der Waals surface area contributed by atoms with Crippen molar-refractivity contribution in [2.75, 3.05) is 12.3 Å². The van der Waals surface area contributed by atoms with Crippen LogP contribution in [0.5, 0.6) is 0 Å². The van der Waals surface area contributed by atoms with E-state index in [1.807, 2.05) is 0 Å². The molecular weight excluding hydrogens is 454 g/mol. The predicted molar refractivity (Wildman–Crippen MR) is 85.8 cm³/mol. The van der Waals surface area contributed by atoms with Crippen LogP contribution < -0.4 is 11.4 Å². The highest BCUT2D eigenvalue weighted by molar-refractivity contribution is 7.66. The fourth-order valence-corrected chi connectivity index (χ4v) is 5.21. The van der Waals surface area contributed by atoms with E-state index in [0.717, 1.165) is 10.8 Å². The van der Waals surface area contributed by atoms with Gasteiger partial charge in [-0.2, -0.15) is 13.6 Å². The van der Waals surface area contributed by atoms with E-state index in [2.05, 4.69) is 18.1 Å². The number of hydrogen-bond donors (Lipinski definition) is 5. The molecule has 0 saturated carbocycles. The van der Waals surface area contributed by atoms with Crippen LogP contribution in [0.15, 0.2) is 11.0 Å². The highest BCUT2D eigenvalue weighted by Crippen LogP contribution is 2.66. The van der Waals surface area contributed by atoms with Gasteiger partial charge in [0.1, 0.15) is 6.23 Å². The Morgan fingerprint density at radius 3 is 2.46 bits per heavy atom. The van der Waals surface area contributed by atoms with Gasteiger partial charge in [0, 0.05) is 0 Å². The van der Waals surface area contributed by atoms with E-state index < -0.39 is 59.7 Å². The van der Waals surface area contributed by atoms with Gasteiger partial charge in [0.15, 0.2) is 11.6 Å². The minimum absolute atomic E-state index is 0.162. The number of phosphoric acid groups is 3. The summed E-state index contributed by atoms with van der Waals surface area (Å²) in [6.45, 7) is -0.681. The zero-order chi connectivity index (χ0) is 21.3. The Balaban J connectivity index is 1.95. The van der Waals surface area contributed by atoms with Crippen LogP contribution in [0.3, 0.4) is 0 Å². The van der Waals surface area contributed by atoms with Crippen LogP contribution in [0.4, 0.5) is 10.2 Å². The zero-order valence-electron chi connectivity index (χ0n) is 13.6. The van der Waals surface area contributed by atoms with Crippen molar-refractivity contribution in [1.82, 2.24) is 9.55 Å². The Morgan fingerprint density at radius 2 is 1.86 bits per heavy atom. The Morgan fingerprint density at radius 1 is 1.21 bits per heavy atom. The van der Waals surface area contributed by atoms with Crippen molar-refractivity contribution in [3.63, 3.8) is 0 Å². The summed E-state index contributed by atoms with van der Waals surface area (Å²) in [4.78, 5) is 50.2. The van der Waals surface area contributed by atoms with E-state index in [4.69, 9.17) is 25.2 Å². The highest BCUT2D eigenvalue weighted by atomic mass is 31.3. The second kappa shape index (κ2) is 8.38. The monoisotopic (exact) mass is 469 g/mol. The predicted octanol–water partition coefficient (Wildman–Crippen LogP) is -0.0145. The zero-order valence-corrected chi connectivity index (χ0v) is 16.3. The summed E-state index contributed by atoms with van der Waals surface area (Å²) in [7, 11) is -16.4. The van der Waals surface area contributed by atoms with Gasteiger partial charge in [-0.25, -0.2) is 22.9 Å². The number of anilines is 1. The molecule has 1 aliphatic rings. The van der Waals surface area contributed by atoms with Gasteiger partial charge in [0.25, 0.3) is 0 Å². The molecule has 0 amide bonds. The Hall–Kier alpha value is -1.02. The maximum atomic E-state index is 13.5. The number of rotatable bonds is 8. The van der Waals surface area contributed by atoms with Crippen LogP contribution in [0.25, 0.3) is 0 Å². The van der Waals surface area contributed by atoms with Gasteiger partial charge in [-0.15, -0.1) is 0 Å². The van der Waals surface area contributed by atoms with Gasteiger partial charge < -0.3 is 30.0 Å². The van der Waals surface area contributed by atoms with Crippen LogP contribution in [0, 0.1) is 5.82 Å². The largest absolute Gasteiger partial charge is 0.490 e. The molecule has 0 aromatic carbocycles. The summed E-state index contributed by atoms with van der Waals surface area (Å²) < 4.78 is 64.5. The molecule has 1 fully saturated rings. The lowest BCUT2D eigenvalue weighted by molar-refractivity contribution is -0.0246. The van der Waals surface area contributed by atoms with Crippen LogP contribution in [0.2, 0.25) is 0 Å². The molecule has 0 aliphatic carbocycles. The standard InChI is InChI=1S/C9H15FN3O12P3/c10-6-3-13(9(14)12-8(6)11)7-2-1-5(23-7)4-22-27(18,19)25-28(20,21)24-26(15,16)17/h3,5,7H,1-2,4H2,(H,18,19)(H,20,21)(H2,11,12,14)(H2,15,16,17)/t5-,7+/m1/s1. The summed E-state index contributed by atoms with van der Waals surface area (Å²) in [5.74, 6) is -1.55. The second-order valence-corrected chi connectivity index (χ2v) is 9.76. The van der Waals surface area contributed by atoms with Gasteiger partial charge >= 0.3 is 29.2 Å². The Bertz CT molecular complexity index is 933. The summed E-state index contributed by atoms with van der Waals surface area (Å²) in [5.41, 5.74) is 4.27. The number of halogens is 1. The molecule has 19 heteroatoms. The molecule has 1 aliphatic heterocycles. The summed E-state index contributed by atoms with van der Waals surface area (Å²) in [6, 6.07) is 0. The van der Waals surface area contributed by atoms with Crippen LogP contribution in [-0.4, -0.2) is 41.8 Å². The van der Waals surface area contributed by atoms with Crippen molar-refractivity contribution < 1.29 is 55.5 Å². The number of aromatic nitrogens is 2. The van der Waals surface area contributed by atoms with Crippen molar-refractivity contribution in [2.45, 2.75) is 25.2 Å². The third-order valence-corrected chi connectivity index (χ3v) is 6.97. The average molecular weight is 469 g/mol. The van der Waals surface area contributed by atoms with Gasteiger partial charge in [-0.3, -0.25) is 9.09 Å². The molecule has 0 spiro atoms. The molecule has 1 saturated heterocycles. The molecule has 1 aromatic heterocycles. The van der Waals surface area contributed by atoms with Gasteiger partial charge in [-0.05, 0) is 12.8 Å². The number of nitrogen functional groups attached to an aromatic ring is 1. The number of nitrogens with two attached hydrogens (primary N) is 1. The molecule has 160 valence electrons. The first-order valence-corrected chi connectivity index (χ1v) is 11.7. The molecule has 4 atom stereocenters. The van der Waals surface area contributed by atoms with E-state index >= 15 is 0 Å². The van der Waals surface area contributed by atoms with Crippen molar-refractivity contribution in [2.24, 2.45) is 0 Å². The SMILES string of the molecule is Nc1nc(=O)n([C@@H]2CC[C@H](COP(=O)(O)OP(=O)(O)OP(=O)(O)O)O2)cc1F. The fourth-order valence-electron chi connectivity index (χ4n) is 2.16. The number of phosphoric ester groups is 1. The lowest BCUT2D eigenvalue weighted by atomic mass is 10.2. The summed E-state index contributed by atoms with van der Waals surface area (Å²) in [5, 5.41) is 0. The molecule has 6 N–H and O–H groups in total. The van der Waals surface area contributed by atoms with E-state index in [-0.39, 0.29) is 12.8 Å². The third-order valence-electron chi connectivity index (χ3n) is 3.17. The quantitative estimate of drug-likeness (QED) is 0.315. The second-order valence-electron chi connectivity index (χ2n) is 5.34. The van der Waals surface area contributed by atoms with E-state index in [1.165, 1.54) is 0 Å². The fraction of sp³-hybridized carbons (Fsp3) is 0.556. The van der Waals surface area contributed by atoms with E-state index in [0.29, 0.717) is 0 Å². The number of nitrogens with zero attached hydrogens (tertiary/aromatic N) is 2. The Kier molecular flexibility index (Phi) is 6.96. The molecule has 2 heterocycles. The van der Waals surface area contributed by atoms with Crippen molar-refractivity contribution in [3.05, 3.63) is 22.5 Å². The van der Waals surface area contributed by atoms with Crippen LogP contribution >= 0.6 is 23.5 Å². The lowest BCUT2D eigenvalue weighted by Crippen LogP contribution is -2.29. The first-order valence-electron chi connectivity index (χ1n) is 7.15. The van der Waals surface area contributed by atoms with E-state index in [9.17, 15) is 27.8 Å². The summed E-state index contributed by atoms with van der Waals surface area (Å²) in [6.07, 6.45) is -0.791. The lowest BCUT2D eigenvalue weighted by Gasteiger charge is -2.18. The highest BCUT2D eigenvalue weighted by Gasteiger charge is 2.41. The molecule has 2 unspecified atom stereocenters. The minimum Gasteiger partial charge on any atom is -0.381 e. The molecule has 0 radical (unpaired) electrons. The van der Waals surface area contributed by atoms with Gasteiger partial charge in [0.05, 0.1) is 18.9 Å². The molecule has 28 heavy (non-hydrogen) atoms. The van der Waals surface area contributed by atoms with E-state index in [1.54, 1.807) is 0 Å². The van der Waals surface area contributed by atoms with Crippen LogP contribution in [-0.2, 0) is 31.6 Å².